The number of nitrogens with zero attached hydrogens (tertiary/aromatic N) is 1. The molecular weight excluding hydrogens is 159 g/mol. The molecule has 0 unspecified atom stereocenters. The zero-order chi connectivity index (χ0) is 8.81. The molecule has 0 spiro atoms. The Morgan fingerprint density at radius 3 is 2.75 bits per heavy atom. The molecule has 1 aliphatic heterocycles. The molecule has 1 fully saturated rings. The van der Waals surface area contributed by atoms with Gasteiger partial charge in [-0.15, -0.1) is 0 Å². The Kier molecular flexibility index (Phi) is 4.06. The first-order valence-electron chi connectivity index (χ1n) is 4.06. The molecule has 5 nitrogen and oxygen atoms in total. The van der Waals surface area contributed by atoms with E-state index in [9.17, 15) is 4.79 Å². The second kappa shape index (κ2) is 5.13. The van der Waals surface area contributed by atoms with Gasteiger partial charge in [0.1, 0.15) is 0 Å². The monoisotopic (exact) mass is 172 g/mol. The van der Waals surface area contributed by atoms with E-state index < -0.39 is 5.97 Å². The lowest BCUT2D eigenvalue weighted by Gasteiger charge is -2.13. The van der Waals surface area contributed by atoms with Crippen LogP contribution in [-0.4, -0.2) is 38.4 Å². The van der Waals surface area contributed by atoms with Gasteiger partial charge >= 0.3 is 13.7 Å². The fourth-order valence-corrected chi connectivity index (χ4v) is 1.04. The van der Waals surface area contributed by atoms with Crippen LogP contribution in [0.3, 0.4) is 0 Å². The minimum absolute atomic E-state index is 0.0178. The van der Waals surface area contributed by atoms with Crippen molar-refractivity contribution in [2.24, 2.45) is 5.73 Å². The van der Waals surface area contributed by atoms with Crippen LogP contribution in [0.4, 0.5) is 0 Å². The van der Waals surface area contributed by atoms with Gasteiger partial charge in [-0.2, -0.15) is 0 Å². The van der Waals surface area contributed by atoms with Crippen LogP contribution < -0.4 is 5.73 Å². The molecule has 1 saturated heterocycles. The van der Waals surface area contributed by atoms with E-state index in [0.717, 1.165) is 25.9 Å². The van der Waals surface area contributed by atoms with Crippen molar-refractivity contribution < 1.29 is 14.2 Å². The predicted molar refractivity (Wildman–Crippen MR) is 44.2 cm³/mol. The van der Waals surface area contributed by atoms with Crippen molar-refractivity contribution in [1.29, 1.82) is 0 Å². The summed E-state index contributed by atoms with van der Waals surface area (Å²) in [6.45, 7) is 1.74. The molecule has 0 saturated carbocycles. The number of hydrogen-bond donors (Lipinski definition) is 1. The van der Waals surface area contributed by atoms with Crippen molar-refractivity contribution in [3.8, 4) is 0 Å². The first kappa shape index (κ1) is 9.50. The highest BCUT2D eigenvalue weighted by Crippen LogP contribution is 2.06. The Hall–Kier alpha value is -0.585. The smallest absolute Gasteiger partial charge is 0.510 e. The Morgan fingerprint density at radius 1 is 1.50 bits per heavy atom. The molecule has 6 heteroatoms. The topological polar surface area (TPSA) is 64.8 Å². The molecule has 1 rings (SSSR count). The van der Waals surface area contributed by atoms with E-state index in [1.807, 2.05) is 0 Å². The zero-order valence-electron chi connectivity index (χ0n) is 6.99. The maximum atomic E-state index is 10.5. The van der Waals surface area contributed by atoms with Crippen LogP contribution in [0.25, 0.3) is 0 Å². The highest BCUT2D eigenvalue weighted by atomic mass is 16.7. The van der Waals surface area contributed by atoms with Crippen LogP contribution in [-0.2, 0) is 14.2 Å². The van der Waals surface area contributed by atoms with Crippen LogP contribution in [0.1, 0.15) is 12.8 Å². The number of hydroxylamine groups is 2. The summed E-state index contributed by atoms with van der Waals surface area (Å²) in [4.78, 5) is 10.5. The van der Waals surface area contributed by atoms with Crippen LogP contribution in [0, 0.1) is 0 Å². The quantitative estimate of drug-likeness (QED) is 0.538. The molecule has 68 valence electrons. The van der Waals surface area contributed by atoms with E-state index in [4.69, 9.17) is 10.5 Å². The highest BCUT2D eigenvalue weighted by Gasteiger charge is 2.13. The van der Waals surface area contributed by atoms with E-state index in [1.54, 1.807) is 5.06 Å². The molecule has 0 aromatic heterocycles. The largest absolute Gasteiger partial charge is 0.526 e. The molecule has 1 aliphatic rings. The summed E-state index contributed by atoms with van der Waals surface area (Å²) in [7, 11) is -0.0178. The van der Waals surface area contributed by atoms with Gasteiger partial charge in [0.25, 0.3) is 0 Å². The first-order valence-corrected chi connectivity index (χ1v) is 4.06. The molecule has 2 N–H and O–H groups in total. The van der Waals surface area contributed by atoms with Crippen LogP contribution in [0.2, 0.25) is 0 Å². The van der Waals surface area contributed by atoms with E-state index in [-0.39, 0.29) is 14.2 Å². The van der Waals surface area contributed by atoms with Crippen molar-refractivity contribution in [2.75, 3.05) is 19.6 Å². The standard InChI is InChI=1S/C6H13BN2O3/c8-5-6(10)11-7-12-9-3-1-2-4-9/h7H,1-5,8H2. The third-order valence-electron chi connectivity index (χ3n) is 1.69. The second-order valence-electron chi connectivity index (χ2n) is 2.60. The molecule has 0 bridgehead atoms. The maximum Gasteiger partial charge on any atom is 0.526 e. The van der Waals surface area contributed by atoms with E-state index in [2.05, 4.69) is 4.65 Å². The zero-order valence-corrected chi connectivity index (χ0v) is 6.99. The van der Waals surface area contributed by atoms with Crippen molar-refractivity contribution in [3.05, 3.63) is 0 Å². The molecular formula is C6H13BN2O3. The second-order valence-corrected chi connectivity index (χ2v) is 2.60. The lowest BCUT2D eigenvalue weighted by Crippen LogP contribution is -2.27. The molecule has 0 aliphatic carbocycles. The minimum atomic E-state index is -0.436. The average Bonchev–Trinajstić information content (AvgIpc) is 2.57. The molecule has 0 atom stereocenters. The Morgan fingerprint density at radius 2 is 2.17 bits per heavy atom. The summed E-state index contributed by atoms with van der Waals surface area (Å²) in [5, 5.41) is 1.80. The highest BCUT2D eigenvalue weighted by molar-refractivity contribution is 6.22. The number of carbonyl (C=O) groups excluding carboxylic acids is 1. The summed E-state index contributed by atoms with van der Waals surface area (Å²) in [5.41, 5.74) is 5.02. The number of carbonyl (C=O) groups is 1. The molecule has 12 heavy (non-hydrogen) atoms. The van der Waals surface area contributed by atoms with Gasteiger partial charge in [0, 0.05) is 13.1 Å². The molecule has 0 aromatic carbocycles. The Bertz CT molecular complexity index is 150. The summed E-state index contributed by atoms with van der Waals surface area (Å²) >= 11 is 0. The van der Waals surface area contributed by atoms with Gasteiger partial charge in [-0.1, -0.05) is 0 Å². The summed E-state index contributed by atoms with van der Waals surface area (Å²) in [6, 6.07) is 0. The van der Waals surface area contributed by atoms with Crippen molar-refractivity contribution >= 4 is 13.7 Å². The number of nitrogens with two attached hydrogens (primary N) is 1. The van der Waals surface area contributed by atoms with E-state index in [0.29, 0.717) is 0 Å². The van der Waals surface area contributed by atoms with Crippen LogP contribution >= 0.6 is 0 Å². The van der Waals surface area contributed by atoms with Crippen molar-refractivity contribution in [2.45, 2.75) is 12.8 Å². The number of hydrogen-bond acceptors (Lipinski definition) is 5. The van der Waals surface area contributed by atoms with Crippen LogP contribution in [0.5, 0.6) is 0 Å². The third kappa shape index (κ3) is 3.21. The molecule has 1 heterocycles. The fourth-order valence-electron chi connectivity index (χ4n) is 1.04. The summed E-state index contributed by atoms with van der Waals surface area (Å²) in [5.74, 6) is -0.436. The minimum Gasteiger partial charge on any atom is -0.510 e. The van der Waals surface area contributed by atoms with E-state index in [1.165, 1.54) is 0 Å². The SMILES string of the molecule is NCC(=O)OBON1CCCC1. The average molecular weight is 172 g/mol. The lowest BCUT2D eigenvalue weighted by atomic mass is 10.4. The van der Waals surface area contributed by atoms with Gasteiger partial charge in [-0.25, -0.2) is 5.06 Å². The summed E-state index contributed by atoms with van der Waals surface area (Å²) in [6.07, 6.45) is 2.29. The van der Waals surface area contributed by atoms with Crippen LogP contribution in [0.15, 0.2) is 0 Å². The lowest BCUT2D eigenvalue weighted by molar-refractivity contribution is -0.136. The van der Waals surface area contributed by atoms with Gasteiger partial charge in [0.2, 0.25) is 0 Å². The fraction of sp³-hybridized carbons (Fsp3) is 0.833. The van der Waals surface area contributed by atoms with Gasteiger partial charge < -0.3 is 15.1 Å². The normalized spacial score (nSPS) is 17.8. The van der Waals surface area contributed by atoms with Gasteiger partial charge in [-0.05, 0) is 12.8 Å². The first-order chi connectivity index (χ1) is 5.83. The Labute approximate surface area is 72.1 Å². The van der Waals surface area contributed by atoms with Crippen molar-refractivity contribution in [3.63, 3.8) is 0 Å². The van der Waals surface area contributed by atoms with Gasteiger partial charge in [-0.3, -0.25) is 4.79 Å². The van der Waals surface area contributed by atoms with Gasteiger partial charge in [0.05, 0.1) is 6.54 Å². The molecule has 0 aromatic rings. The third-order valence-corrected chi connectivity index (χ3v) is 1.69. The maximum absolute atomic E-state index is 10.5. The van der Waals surface area contributed by atoms with Crippen molar-refractivity contribution in [1.82, 2.24) is 5.06 Å². The number of rotatable bonds is 4. The molecule has 0 radical (unpaired) electrons. The Balaban J connectivity index is 1.97. The van der Waals surface area contributed by atoms with E-state index >= 15 is 0 Å². The summed E-state index contributed by atoms with van der Waals surface area (Å²) < 4.78 is 9.74. The molecule has 0 amide bonds. The predicted octanol–water partition coefficient (Wildman–Crippen LogP) is -1.22. The van der Waals surface area contributed by atoms with Gasteiger partial charge in [0.15, 0.2) is 0 Å².